The quantitative estimate of drug-likeness (QED) is 0.380. The Hall–Kier alpha value is 0.360. The maximum absolute atomic E-state index is 10.7. The molecular weight excluding hydrogens is 237 g/mol. The van der Waals surface area contributed by atoms with E-state index in [2.05, 4.69) is 19.4 Å². The van der Waals surface area contributed by atoms with Crippen molar-refractivity contribution in [2.24, 2.45) is 0 Å². The monoisotopic (exact) mass is 250 g/mol. The summed E-state index contributed by atoms with van der Waals surface area (Å²) in [7, 11) is -9.97. The van der Waals surface area contributed by atoms with Gasteiger partial charge in [0, 0.05) is 0 Å². The van der Waals surface area contributed by atoms with Gasteiger partial charge in [-0.2, -0.15) is 0 Å². The van der Waals surface area contributed by atoms with E-state index in [9.17, 15) is 25.2 Å². The van der Waals surface area contributed by atoms with Crippen molar-refractivity contribution in [3.8, 4) is 0 Å². The van der Waals surface area contributed by atoms with Gasteiger partial charge in [-0.25, -0.2) is 0 Å². The molecule has 0 heterocycles. The molecule has 0 rings (SSSR count). The van der Waals surface area contributed by atoms with Gasteiger partial charge in [0.1, 0.15) is 5.75 Å². The van der Waals surface area contributed by atoms with Gasteiger partial charge in [-0.3, -0.25) is 0 Å². The average molecular weight is 250 g/mol. The molecule has 0 bridgehead atoms. The molecule has 0 unspecified atom stereocenters. The molecule has 8 heteroatoms. The average Bonchev–Trinajstić information content (AvgIpc) is 1.53. The fraction of sp³-hybridized carbons (Fsp3) is 1.00. The second-order valence-corrected chi connectivity index (χ2v) is 6.94. The minimum absolute atomic E-state index is 0.684. The molecule has 0 aliphatic carbocycles. The molecule has 0 N–H and O–H groups in total. The van der Waals surface area contributed by atoms with Gasteiger partial charge in [-0.1, -0.05) is 6.92 Å². The van der Waals surface area contributed by atoms with Gasteiger partial charge >= 0.3 is 33.0 Å². The number of hydrogen-bond acceptors (Lipinski definition) is 0. The van der Waals surface area contributed by atoms with Gasteiger partial charge in [-0.15, -0.1) is 0 Å². The second kappa shape index (κ2) is 3.85. The van der Waals surface area contributed by atoms with Crippen molar-refractivity contribution in [2.75, 3.05) is 18.3 Å². The van der Waals surface area contributed by atoms with E-state index in [4.69, 9.17) is 0 Å². The van der Waals surface area contributed by atoms with Gasteiger partial charge < -0.3 is 0 Å². The van der Waals surface area contributed by atoms with Crippen molar-refractivity contribution in [3.05, 3.63) is 0 Å². The van der Waals surface area contributed by atoms with Crippen molar-refractivity contribution in [2.45, 2.75) is 13.3 Å². The summed E-state index contributed by atoms with van der Waals surface area (Å²) in [6, 6.07) is 0. The summed E-state index contributed by atoms with van der Waals surface area (Å²) in [5.41, 5.74) is 0. The minimum atomic E-state index is -10.7. The molecule has 0 aliphatic heterocycles. The van der Waals surface area contributed by atoms with Crippen LogP contribution in [0.4, 0.5) is 25.2 Å². The number of hydrogen-bond donors (Lipinski definition) is 0. The van der Waals surface area contributed by atoms with Crippen molar-refractivity contribution in [1.29, 1.82) is 0 Å². The van der Waals surface area contributed by atoms with Crippen LogP contribution in [0, 0.1) is 0 Å². The van der Waals surface area contributed by atoms with Gasteiger partial charge in [0.05, 0.1) is 12.5 Å². The van der Waals surface area contributed by atoms with E-state index >= 15 is 0 Å². The Bertz CT molecular complexity index is 133. The first kappa shape index (κ1) is 15.8. The van der Waals surface area contributed by atoms with E-state index in [1.54, 1.807) is 0 Å². The first-order valence-electron chi connectivity index (χ1n) is 3.33. The predicted molar refractivity (Wildman–Crippen MR) is 47.9 cm³/mol. The SMILES string of the molecule is CCC[S+](C)C.F[P-](F)(F)(F)(F)F. The molecule has 0 saturated heterocycles. The van der Waals surface area contributed by atoms with Crippen LogP contribution in [0.1, 0.15) is 13.3 Å². The van der Waals surface area contributed by atoms with Crippen molar-refractivity contribution in [1.82, 2.24) is 0 Å². The van der Waals surface area contributed by atoms with Crippen molar-refractivity contribution in [3.63, 3.8) is 0 Å². The van der Waals surface area contributed by atoms with Crippen LogP contribution in [-0.2, 0) is 10.9 Å². The van der Waals surface area contributed by atoms with Gasteiger partial charge in [0.25, 0.3) is 0 Å². The van der Waals surface area contributed by atoms with Gasteiger partial charge in [0.15, 0.2) is 0 Å². The molecule has 86 valence electrons. The molecule has 0 spiro atoms. The zero-order valence-electron chi connectivity index (χ0n) is 7.54. The van der Waals surface area contributed by atoms with Crippen molar-refractivity contribution < 1.29 is 25.2 Å². The summed E-state index contributed by atoms with van der Waals surface area (Å²) in [5, 5.41) is 0. The number of halogens is 6. The molecule has 0 aromatic rings. The third-order valence-corrected chi connectivity index (χ3v) is 1.84. The zero-order valence-corrected chi connectivity index (χ0v) is 9.25. The summed E-state index contributed by atoms with van der Waals surface area (Å²) in [5.74, 6) is 1.40. The fourth-order valence-electron chi connectivity index (χ4n) is 0.408. The molecule has 13 heavy (non-hydrogen) atoms. The standard InChI is InChI=1S/C5H13S.F6P/c1-4-5-6(2)3;1-7(2,3,4,5)6/h4-5H2,1-3H3;/q+1;-1. The summed E-state index contributed by atoms with van der Waals surface area (Å²) in [6.45, 7) is 2.23. The molecule has 0 aliphatic rings. The Morgan fingerprint density at radius 1 is 0.923 bits per heavy atom. The van der Waals surface area contributed by atoms with Crippen LogP contribution in [0.2, 0.25) is 0 Å². The third-order valence-electron chi connectivity index (χ3n) is 0.612. The molecule has 0 fully saturated rings. The summed E-state index contributed by atoms with van der Waals surface area (Å²) in [4.78, 5) is 0. The van der Waals surface area contributed by atoms with Gasteiger partial charge in [-0.05, 0) is 17.3 Å². The summed E-state index contributed by atoms with van der Waals surface area (Å²) in [6.07, 6.45) is 5.91. The Labute approximate surface area is 76.3 Å². The fourth-order valence-corrected chi connectivity index (χ4v) is 1.22. The van der Waals surface area contributed by atoms with Crippen LogP contribution in [-0.4, -0.2) is 18.3 Å². The molecule has 0 aromatic carbocycles. The van der Waals surface area contributed by atoms with Crippen LogP contribution in [0.25, 0.3) is 0 Å². The second-order valence-electron chi connectivity index (χ2n) is 2.65. The van der Waals surface area contributed by atoms with E-state index < -0.39 is 7.81 Å². The molecule has 0 atom stereocenters. The van der Waals surface area contributed by atoms with E-state index in [-0.39, 0.29) is 0 Å². The van der Waals surface area contributed by atoms with Crippen LogP contribution in [0.3, 0.4) is 0 Å². The normalized spacial score (nSPS) is 17.1. The molecule has 0 nitrogen and oxygen atoms in total. The van der Waals surface area contributed by atoms with Crippen molar-refractivity contribution >= 4 is 18.7 Å². The predicted octanol–water partition coefficient (Wildman–Crippen LogP) is 4.66. The molecule has 0 radical (unpaired) electrons. The van der Waals surface area contributed by atoms with Crippen LogP contribution in [0.15, 0.2) is 0 Å². The summed E-state index contributed by atoms with van der Waals surface area (Å²) >= 11 is 0. The Balaban J connectivity index is 0. The molecule has 0 saturated carbocycles. The Morgan fingerprint density at radius 3 is 1.15 bits per heavy atom. The van der Waals surface area contributed by atoms with Gasteiger partial charge in [0.2, 0.25) is 0 Å². The number of rotatable bonds is 2. The van der Waals surface area contributed by atoms with E-state index in [0.717, 1.165) is 0 Å². The Morgan fingerprint density at radius 2 is 1.15 bits per heavy atom. The first-order valence-corrected chi connectivity index (χ1v) is 7.57. The van der Waals surface area contributed by atoms with E-state index in [0.29, 0.717) is 10.9 Å². The Kier molecular flexibility index (Phi) is 4.68. The van der Waals surface area contributed by atoms with E-state index in [1.807, 2.05) is 0 Å². The molecular formula is C5H13F6PS. The van der Waals surface area contributed by atoms with Crippen LogP contribution >= 0.6 is 7.81 Å². The van der Waals surface area contributed by atoms with E-state index in [1.165, 1.54) is 12.2 Å². The topological polar surface area (TPSA) is 0 Å². The molecule has 0 amide bonds. The maximum atomic E-state index is 9.87. The molecule has 0 aromatic heterocycles. The first-order chi connectivity index (χ1) is 5.22. The van der Waals surface area contributed by atoms with Crippen LogP contribution < -0.4 is 0 Å². The zero-order chi connectivity index (χ0) is 11.4. The third kappa shape index (κ3) is 118. The summed E-state index contributed by atoms with van der Waals surface area (Å²) < 4.78 is 59.2. The van der Waals surface area contributed by atoms with Crippen LogP contribution in [0.5, 0.6) is 0 Å².